The zero-order valence-electron chi connectivity index (χ0n) is 31.3. The minimum absolute atomic E-state index is 0.0467. The number of nitrogens with zero attached hydrogens (tertiary/aromatic N) is 4. The Hall–Kier alpha value is -4.66. The van der Waals surface area contributed by atoms with Crippen molar-refractivity contribution in [1.82, 2.24) is 41.1 Å². The number of hydrogen-bond acceptors (Lipinski definition) is 10. The van der Waals surface area contributed by atoms with Gasteiger partial charge in [-0.1, -0.05) is 65.0 Å². The number of Topliss-reactive ketones (excluding diaryl/α,β-unsaturated/α-hetero) is 1. The van der Waals surface area contributed by atoms with Gasteiger partial charge >= 0.3 is 0 Å². The molecule has 15 nitrogen and oxygen atoms in total. The van der Waals surface area contributed by atoms with Crippen LogP contribution in [-0.4, -0.2) is 98.0 Å². The maximum Gasteiger partial charge on any atom is 0.289 e. The molecule has 0 radical (unpaired) electrons. The molecule has 5 unspecified atom stereocenters. The van der Waals surface area contributed by atoms with E-state index in [0.29, 0.717) is 11.4 Å². The molecule has 0 aromatic carbocycles. The lowest BCUT2D eigenvalue weighted by Gasteiger charge is -2.38. The van der Waals surface area contributed by atoms with E-state index < -0.39 is 71.0 Å². The summed E-state index contributed by atoms with van der Waals surface area (Å²) in [5, 5.41) is 11.6. The molecule has 5 atom stereocenters. The standard InChI is InChI=1S/C38H51ClN8O7/c1-5-9-25(31(48)36(52)43-24-13-14-24)44-35(51)30-27(54-28-15-12-23(39)20-42-28)16-19-47(30)37(53)32(38(2,3)4)46-34(50)29(22-10-7-6-8-11-22)45-33(49)26-21-40-17-18-41-26/h12,15,17-18,20-22,24-25,27,29-30,32H,5-11,13-14,16,19H2,1-4H3,(H,43,52)(H,44,51)(H,45,49)(H,46,50). The first-order valence-electron chi connectivity index (χ1n) is 18.9. The lowest BCUT2D eigenvalue weighted by atomic mass is 9.82. The number of amides is 5. The Kier molecular flexibility index (Phi) is 13.6. The summed E-state index contributed by atoms with van der Waals surface area (Å²) in [5.74, 6) is -3.82. The van der Waals surface area contributed by atoms with Crippen molar-refractivity contribution < 1.29 is 33.5 Å². The molecular formula is C38H51ClN8O7. The van der Waals surface area contributed by atoms with Crippen LogP contribution in [0.4, 0.5) is 0 Å². The number of nitrogens with one attached hydrogen (secondary N) is 4. The van der Waals surface area contributed by atoms with Gasteiger partial charge < -0.3 is 30.9 Å². The third-order valence-corrected chi connectivity index (χ3v) is 10.3. The third-order valence-electron chi connectivity index (χ3n) is 10.1. The average molecular weight is 767 g/mol. The molecule has 3 aliphatic rings. The number of aromatic nitrogens is 3. The van der Waals surface area contributed by atoms with Gasteiger partial charge in [-0.05, 0) is 49.5 Å². The number of ketones is 1. The molecule has 4 N–H and O–H groups in total. The number of ether oxygens (including phenoxy) is 1. The fourth-order valence-electron chi connectivity index (χ4n) is 7.03. The molecular weight excluding hydrogens is 716 g/mol. The molecule has 54 heavy (non-hydrogen) atoms. The van der Waals surface area contributed by atoms with E-state index in [1.165, 1.54) is 29.7 Å². The number of hydrogen-bond donors (Lipinski definition) is 4. The van der Waals surface area contributed by atoms with E-state index >= 15 is 0 Å². The van der Waals surface area contributed by atoms with Gasteiger partial charge in [-0.15, -0.1) is 0 Å². The molecule has 2 aromatic heterocycles. The molecule has 5 amide bonds. The summed E-state index contributed by atoms with van der Waals surface area (Å²) in [6.07, 6.45) is 11.4. The Labute approximate surface area is 320 Å². The Morgan fingerprint density at radius 3 is 2.28 bits per heavy atom. The Bertz CT molecular complexity index is 1660. The normalized spacial score (nSPS) is 20.6. The maximum absolute atomic E-state index is 14.7. The van der Waals surface area contributed by atoms with E-state index in [1.54, 1.807) is 32.9 Å². The highest BCUT2D eigenvalue weighted by atomic mass is 35.5. The smallest absolute Gasteiger partial charge is 0.289 e. The highest BCUT2D eigenvalue weighted by molar-refractivity contribution is 6.38. The average Bonchev–Trinajstić information content (AvgIpc) is 3.88. The summed E-state index contributed by atoms with van der Waals surface area (Å²) in [7, 11) is 0. The van der Waals surface area contributed by atoms with Crippen LogP contribution in [0.25, 0.3) is 0 Å². The fraction of sp³-hybridized carbons (Fsp3) is 0.605. The van der Waals surface area contributed by atoms with Crippen LogP contribution in [0, 0.1) is 11.3 Å². The van der Waals surface area contributed by atoms with Gasteiger partial charge in [0.2, 0.25) is 29.4 Å². The quantitative estimate of drug-likeness (QED) is 0.195. The van der Waals surface area contributed by atoms with Crippen molar-refractivity contribution in [1.29, 1.82) is 0 Å². The second-order valence-electron chi connectivity index (χ2n) is 15.4. The summed E-state index contributed by atoms with van der Waals surface area (Å²) in [4.78, 5) is 96.1. The van der Waals surface area contributed by atoms with Crippen molar-refractivity contribution in [2.75, 3.05) is 6.54 Å². The SMILES string of the molecule is CCCC(NC(=O)C1C(Oc2ccc(Cl)cn2)CCN1C(=O)C(NC(=O)C(NC(=O)c1cnccn1)C1CCCCC1)C(C)(C)C)C(=O)C(=O)NC1CC1. The summed E-state index contributed by atoms with van der Waals surface area (Å²) in [6, 6.07) is -1.38. The van der Waals surface area contributed by atoms with E-state index in [9.17, 15) is 28.8 Å². The molecule has 292 valence electrons. The van der Waals surface area contributed by atoms with Crippen molar-refractivity contribution in [3.05, 3.63) is 47.6 Å². The van der Waals surface area contributed by atoms with Gasteiger partial charge in [0.1, 0.15) is 29.9 Å². The second-order valence-corrected chi connectivity index (χ2v) is 15.9. The zero-order valence-corrected chi connectivity index (χ0v) is 32.1. The van der Waals surface area contributed by atoms with Crippen LogP contribution in [0.3, 0.4) is 0 Å². The van der Waals surface area contributed by atoms with E-state index in [-0.39, 0.29) is 42.9 Å². The van der Waals surface area contributed by atoms with Crippen LogP contribution in [-0.2, 0) is 24.0 Å². The van der Waals surface area contributed by atoms with Crippen LogP contribution in [0.5, 0.6) is 5.88 Å². The van der Waals surface area contributed by atoms with Gasteiger partial charge in [-0.2, -0.15) is 0 Å². The van der Waals surface area contributed by atoms with E-state index in [0.717, 1.165) is 44.9 Å². The van der Waals surface area contributed by atoms with Gasteiger partial charge in [0.25, 0.3) is 11.8 Å². The first-order valence-corrected chi connectivity index (χ1v) is 19.3. The number of pyridine rings is 1. The molecule has 1 aliphatic heterocycles. The lowest BCUT2D eigenvalue weighted by Crippen LogP contribution is -2.63. The maximum atomic E-state index is 14.7. The number of carbonyl (C=O) groups is 6. The monoisotopic (exact) mass is 766 g/mol. The molecule has 16 heteroatoms. The largest absolute Gasteiger partial charge is 0.471 e. The molecule has 3 fully saturated rings. The minimum atomic E-state index is -1.25. The Balaban J connectivity index is 1.41. The number of carbonyl (C=O) groups excluding carboxylic acids is 6. The lowest BCUT2D eigenvalue weighted by molar-refractivity contribution is -0.146. The van der Waals surface area contributed by atoms with Gasteiger partial charge in [0.15, 0.2) is 0 Å². The topological polar surface area (TPSA) is 202 Å². The molecule has 3 heterocycles. The van der Waals surface area contributed by atoms with Gasteiger partial charge in [-0.25, -0.2) is 9.97 Å². The zero-order chi connectivity index (χ0) is 39.0. The summed E-state index contributed by atoms with van der Waals surface area (Å²) in [5.41, 5.74) is -0.787. The molecule has 0 bridgehead atoms. The van der Waals surface area contributed by atoms with Crippen molar-refractivity contribution in [2.45, 2.75) is 128 Å². The van der Waals surface area contributed by atoms with Gasteiger partial charge in [0.05, 0.1) is 17.3 Å². The molecule has 0 spiro atoms. The van der Waals surface area contributed by atoms with E-state index in [4.69, 9.17) is 16.3 Å². The highest BCUT2D eigenvalue weighted by Crippen LogP contribution is 2.31. The number of likely N-dealkylation sites (tertiary alicyclic amines) is 1. The van der Waals surface area contributed by atoms with Crippen molar-refractivity contribution in [3.63, 3.8) is 0 Å². The third kappa shape index (κ3) is 10.5. The summed E-state index contributed by atoms with van der Waals surface area (Å²) >= 11 is 6.04. The summed E-state index contributed by atoms with van der Waals surface area (Å²) in [6.45, 7) is 7.32. The van der Waals surface area contributed by atoms with Crippen molar-refractivity contribution >= 4 is 46.9 Å². The van der Waals surface area contributed by atoms with Crippen molar-refractivity contribution in [2.24, 2.45) is 11.3 Å². The number of rotatable bonds is 15. The van der Waals surface area contributed by atoms with Crippen LogP contribution in [0.15, 0.2) is 36.9 Å². The van der Waals surface area contributed by atoms with Crippen LogP contribution < -0.4 is 26.0 Å². The predicted molar refractivity (Wildman–Crippen MR) is 198 cm³/mol. The first-order chi connectivity index (χ1) is 25.8. The van der Waals surface area contributed by atoms with Crippen molar-refractivity contribution in [3.8, 4) is 5.88 Å². The van der Waals surface area contributed by atoms with Crippen LogP contribution >= 0.6 is 11.6 Å². The highest BCUT2D eigenvalue weighted by Gasteiger charge is 2.49. The number of halogens is 1. The second kappa shape index (κ2) is 18.1. The van der Waals surface area contributed by atoms with E-state index in [2.05, 4.69) is 36.2 Å². The predicted octanol–water partition coefficient (Wildman–Crippen LogP) is 2.92. The van der Waals surface area contributed by atoms with Crippen LogP contribution in [0.2, 0.25) is 5.02 Å². The molecule has 1 saturated heterocycles. The van der Waals surface area contributed by atoms with Crippen LogP contribution in [0.1, 0.15) is 102 Å². The first kappa shape index (κ1) is 40.5. The molecule has 5 rings (SSSR count). The van der Waals surface area contributed by atoms with Gasteiger partial charge in [-0.3, -0.25) is 33.8 Å². The molecule has 2 saturated carbocycles. The molecule has 2 aliphatic carbocycles. The van der Waals surface area contributed by atoms with E-state index in [1.807, 2.05) is 6.92 Å². The summed E-state index contributed by atoms with van der Waals surface area (Å²) < 4.78 is 6.17. The Morgan fingerprint density at radius 2 is 1.67 bits per heavy atom. The molecule has 2 aromatic rings. The fourth-order valence-corrected chi connectivity index (χ4v) is 7.14. The van der Waals surface area contributed by atoms with Gasteiger partial charge in [0, 0.05) is 43.7 Å². The minimum Gasteiger partial charge on any atom is -0.471 e. The Morgan fingerprint density at radius 1 is 0.926 bits per heavy atom.